The summed E-state index contributed by atoms with van der Waals surface area (Å²) in [5.74, 6) is -0.541. The van der Waals surface area contributed by atoms with Crippen LogP contribution in [0.3, 0.4) is 0 Å². The van der Waals surface area contributed by atoms with Crippen molar-refractivity contribution in [1.82, 2.24) is 5.32 Å². The molecule has 1 heterocycles. The van der Waals surface area contributed by atoms with Crippen LogP contribution in [-0.4, -0.2) is 30.8 Å². The minimum atomic E-state index is -0.731. The summed E-state index contributed by atoms with van der Waals surface area (Å²) in [5.41, 5.74) is 9.09. The Balaban J connectivity index is 1.75. The van der Waals surface area contributed by atoms with Crippen molar-refractivity contribution in [2.24, 2.45) is 5.11 Å². The van der Waals surface area contributed by atoms with E-state index in [1.165, 1.54) is 0 Å². The number of alkyl carbamates (subject to hydrolysis) is 1. The minimum absolute atomic E-state index is 0.105. The summed E-state index contributed by atoms with van der Waals surface area (Å²) >= 11 is 0. The number of nitrogens with one attached hydrogen (secondary N) is 1. The molecular weight excluding hydrogens is 288 g/mol. The topological polar surface area (TPSA) is 113 Å². The Morgan fingerprint density at radius 3 is 2.86 bits per heavy atom. The summed E-state index contributed by atoms with van der Waals surface area (Å²) in [7, 11) is 0. The monoisotopic (exact) mass is 304 g/mol. The number of esters is 1. The fourth-order valence-corrected chi connectivity index (χ4v) is 2.07. The van der Waals surface area contributed by atoms with E-state index in [9.17, 15) is 9.59 Å². The van der Waals surface area contributed by atoms with Gasteiger partial charge in [0.2, 0.25) is 0 Å². The van der Waals surface area contributed by atoms with Crippen molar-refractivity contribution in [2.75, 3.05) is 6.54 Å². The highest BCUT2D eigenvalue weighted by atomic mass is 16.6. The molecule has 0 aliphatic carbocycles. The van der Waals surface area contributed by atoms with Crippen LogP contribution < -0.4 is 5.32 Å². The predicted molar refractivity (Wildman–Crippen MR) is 76.7 cm³/mol. The Hall–Kier alpha value is -2.73. The molecule has 0 aromatic heterocycles. The maximum atomic E-state index is 11.8. The molecule has 0 bridgehead atoms. The van der Waals surface area contributed by atoms with Crippen molar-refractivity contribution in [2.45, 2.75) is 31.6 Å². The number of amides is 1. The molecule has 0 unspecified atom stereocenters. The van der Waals surface area contributed by atoms with E-state index < -0.39 is 24.2 Å². The third kappa shape index (κ3) is 4.68. The van der Waals surface area contributed by atoms with Crippen LogP contribution >= 0.6 is 0 Å². The van der Waals surface area contributed by atoms with E-state index in [-0.39, 0.29) is 13.2 Å². The zero-order valence-electron chi connectivity index (χ0n) is 11.8. The van der Waals surface area contributed by atoms with Gasteiger partial charge in [-0.3, -0.25) is 0 Å². The van der Waals surface area contributed by atoms with Crippen LogP contribution in [0, 0.1) is 0 Å². The number of cyclic esters (lactones) is 1. The van der Waals surface area contributed by atoms with E-state index in [4.69, 9.17) is 15.0 Å². The largest absolute Gasteiger partial charge is 0.461 e. The fraction of sp³-hybridized carbons (Fsp3) is 0.429. The predicted octanol–water partition coefficient (Wildman–Crippen LogP) is 2.30. The second-order valence-corrected chi connectivity index (χ2v) is 4.81. The van der Waals surface area contributed by atoms with Crippen LogP contribution in [0.1, 0.15) is 18.4 Å². The average Bonchev–Trinajstić information content (AvgIpc) is 2.54. The lowest BCUT2D eigenvalue weighted by atomic mass is 10.0. The second kappa shape index (κ2) is 7.90. The molecule has 8 heteroatoms. The second-order valence-electron chi connectivity index (χ2n) is 4.81. The van der Waals surface area contributed by atoms with Gasteiger partial charge in [0.25, 0.3) is 0 Å². The first kappa shape index (κ1) is 15.7. The third-order valence-corrected chi connectivity index (χ3v) is 3.20. The zero-order chi connectivity index (χ0) is 15.8. The van der Waals surface area contributed by atoms with Gasteiger partial charge in [0.1, 0.15) is 18.8 Å². The summed E-state index contributed by atoms with van der Waals surface area (Å²) in [6.07, 6.45) is -0.152. The number of carbonyl (C=O) groups is 2. The highest BCUT2D eigenvalue weighted by Gasteiger charge is 2.31. The van der Waals surface area contributed by atoms with E-state index >= 15 is 0 Å². The third-order valence-electron chi connectivity index (χ3n) is 3.20. The molecule has 1 aromatic carbocycles. The number of benzene rings is 1. The summed E-state index contributed by atoms with van der Waals surface area (Å²) in [6.45, 7) is 0.237. The molecule has 8 nitrogen and oxygen atoms in total. The van der Waals surface area contributed by atoms with Gasteiger partial charge in [-0.1, -0.05) is 35.4 Å². The van der Waals surface area contributed by atoms with Gasteiger partial charge in [0, 0.05) is 4.91 Å². The van der Waals surface area contributed by atoms with Crippen molar-refractivity contribution < 1.29 is 19.1 Å². The molecule has 1 aromatic rings. The Kier molecular flexibility index (Phi) is 5.62. The molecule has 1 aliphatic rings. The molecule has 1 aliphatic heterocycles. The van der Waals surface area contributed by atoms with E-state index in [0.717, 1.165) is 5.56 Å². The zero-order valence-corrected chi connectivity index (χ0v) is 11.8. The smallest absolute Gasteiger partial charge is 0.408 e. The number of hydrogen-bond acceptors (Lipinski definition) is 5. The first-order valence-electron chi connectivity index (χ1n) is 6.87. The highest BCUT2D eigenvalue weighted by molar-refractivity contribution is 5.81. The van der Waals surface area contributed by atoms with E-state index in [1.807, 2.05) is 30.3 Å². The summed E-state index contributed by atoms with van der Waals surface area (Å²) < 4.78 is 10.1. The quantitative estimate of drug-likeness (QED) is 0.389. The van der Waals surface area contributed by atoms with Crippen molar-refractivity contribution in [3.8, 4) is 0 Å². The van der Waals surface area contributed by atoms with Gasteiger partial charge >= 0.3 is 12.1 Å². The Morgan fingerprint density at radius 2 is 2.18 bits per heavy atom. The Morgan fingerprint density at radius 1 is 1.41 bits per heavy atom. The summed E-state index contributed by atoms with van der Waals surface area (Å²) in [5, 5.41) is 5.85. The molecule has 1 N–H and O–H groups in total. The molecular formula is C14H16N4O4. The van der Waals surface area contributed by atoms with E-state index in [2.05, 4.69) is 15.3 Å². The maximum absolute atomic E-state index is 11.8. The lowest BCUT2D eigenvalue weighted by Gasteiger charge is -2.27. The van der Waals surface area contributed by atoms with Crippen LogP contribution in [0.4, 0.5) is 4.79 Å². The standard InChI is InChI=1S/C14H16N4O4/c15-18-16-8-11-6-7-12(13(19)22-11)17-14(20)21-9-10-4-2-1-3-5-10/h1-5,11-12H,6-9H2,(H,17,20)/t11-,12-/m0/s1. The lowest BCUT2D eigenvalue weighted by Crippen LogP contribution is -2.47. The van der Waals surface area contributed by atoms with Crippen molar-refractivity contribution in [1.29, 1.82) is 0 Å². The Labute approximate surface area is 127 Å². The van der Waals surface area contributed by atoms with E-state index in [0.29, 0.717) is 12.8 Å². The molecule has 0 saturated carbocycles. The number of nitrogens with zero attached hydrogens (tertiary/aromatic N) is 3. The van der Waals surface area contributed by atoms with Crippen LogP contribution in [0.5, 0.6) is 0 Å². The number of ether oxygens (including phenoxy) is 2. The lowest BCUT2D eigenvalue weighted by molar-refractivity contribution is -0.156. The fourth-order valence-electron chi connectivity index (χ4n) is 2.07. The van der Waals surface area contributed by atoms with Crippen LogP contribution in [-0.2, 0) is 20.9 Å². The molecule has 0 radical (unpaired) electrons. The maximum Gasteiger partial charge on any atom is 0.408 e. The number of hydrogen-bond donors (Lipinski definition) is 1. The number of azide groups is 1. The molecule has 22 heavy (non-hydrogen) atoms. The van der Waals surface area contributed by atoms with Crippen LogP contribution in [0.2, 0.25) is 0 Å². The molecule has 2 rings (SSSR count). The molecule has 116 valence electrons. The van der Waals surface area contributed by atoms with Gasteiger partial charge in [-0.15, -0.1) is 0 Å². The molecule has 1 saturated heterocycles. The van der Waals surface area contributed by atoms with Crippen molar-refractivity contribution in [3.05, 3.63) is 46.3 Å². The first-order valence-corrected chi connectivity index (χ1v) is 6.87. The van der Waals surface area contributed by atoms with E-state index in [1.54, 1.807) is 0 Å². The van der Waals surface area contributed by atoms with Crippen LogP contribution in [0.15, 0.2) is 35.4 Å². The van der Waals surface area contributed by atoms with Gasteiger partial charge < -0.3 is 14.8 Å². The normalized spacial score (nSPS) is 20.5. The number of rotatable bonds is 5. The molecule has 1 amide bonds. The summed E-state index contributed by atoms with van der Waals surface area (Å²) in [4.78, 5) is 26.0. The van der Waals surface area contributed by atoms with Gasteiger partial charge in [0.05, 0.1) is 6.54 Å². The Bertz CT molecular complexity index is 571. The van der Waals surface area contributed by atoms with Gasteiger partial charge in [0.15, 0.2) is 0 Å². The van der Waals surface area contributed by atoms with Gasteiger partial charge in [-0.25, -0.2) is 9.59 Å². The highest BCUT2D eigenvalue weighted by Crippen LogP contribution is 2.15. The minimum Gasteiger partial charge on any atom is -0.461 e. The van der Waals surface area contributed by atoms with Crippen molar-refractivity contribution in [3.63, 3.8) is 0 Å². The average molecular weight is 304 g/mol. The van der Waals surface area contributed by atoms with Gasteiger partial charge in [-0.2, -0.15) is 0 Å². The van der Waals surface area contributed by atoms with Gasteiger partial charge in [-0.05, 0) is 23.9 Å². The molecule has 2 atom stereocenters. The SMILES string of the molecule is [N-]=[N+]=NC[C@@H]1CC[C@H](NC(=O)OCc2ccccc2)C(=O)O1. The molecule has 0 spiro atoms. The number of carbonyl (C=O) groups excluding carboxylic acids is 2. The molecule has 1 fully saturated rings. The van der Waals surface area contributed by atoms with Crippen LogP contribution in [0.25, 0.3) is 10.4 Å². The van der Waals surface area contributed by atoms with Crippen molar-refractivity contribution >= 4 is 12.1 Å². The summed E-state index contributed by atoms with van der Waals surface area (Å²) in [6, 6.07) is 8.50. The first-order chi connectivity index (χ1) is 10.7.